The second-order valence-electron chi connectivity index (χ2n) is 15.7. The minimum Gasteiger partial charge on any atom is -0.393 e. The number of ether oxygens (including phenoxy) is 2. The lowest BCUT2D eigenvalue weighted by atomic mass is 9.71. The summed E-state index contributed by atoms with van der Waals surface area (Å²) in [4.78, 5) is 0. The molecule has 286 valence electrons. The Morgan fingerprint density at radius 2 is 1.17 bits per heavy atom. The van der Waals surface area contributed by atoms with E-state index in [9.17, 15) is 20.4 Å². The molecule has 0 amide bonds. The second-order valence-corrected chi connectivity index (χ2v) is 15.7. The zero-order valence-corrected chi connectivity index (χ0v) is 33.5. The van der Waals surface area contributed by atoms with Gasteiger partial charge in [-0.2, -0.15) is 0 Å². The van der Waals surface area contributed by atoms with Crippen molar-refractivity contribution in [3.8, 4) is 0 Å². The summed E-state index contributed by atoms with van der Waals surface area (Å²) in [7, 11) is 0. The van der Waals surface area contributed by atoms with Crippen molar-refractivity contribution in [3.05, 3.63) is 142 Å². The largest absolute Gasteiger partial charge is 0.393 e. The van der Waals surface area contributed by atoms with E-state index >= 15 is 0 Å². The molecule has 6 unspecified atom stereocenters. The van der Waals surface area contributed by atoms with Gasteiger partial charge in [0.25, 0.3) is 0 Å². The van der Waals surface area contributed by atoms with Crippen LogP contribution in [0.25, 0.3) is 0 Å². The van der Waals surface area contributed by atoms with Crippen LogP contribution in [0.5, 0.6) is 0 Å². The van der Waals surface area contributed by atoms with Gasteiger partial charge in [0.1, 0.15) is 18.3 Å². The summed E-state index contributed by atoms with van der Waals surface area (Å²) >= 11 is 0. The fourth-order valence-electron chi connectivity index (χ4n) is 6.14. The highest BCUT2D eigenvalue weighted by Gasteiger charge is 2.44. The van der Waals surface area contributed by atoms with Crippen molar-refractivity contribution in [2.75, 3.05) is 0 Å². The van der Waals surface area contributed by atoms with Crippen LogP contribution in [0.15, 0.2) is 142 Å². The van der Waals surface area contributed by atoms with Crippen LogP contribution in [0, 0.1) is 5.41 Å². The van der Waals surface area contributed by atoms with E-state index in [2.05, 4.69) is 121 Å². The molecule has 2 aliphatic rings. The minimum absolute atomic E-state index is 0.0108. The van der Waals surface area contributed by atoms with E-state index in [1.165, 1.54) is 22.3 Å². The Balaban J connectivity index is 1.82. The van der Waals surface area contributed by atoms with Crippen molar-refractivity contribution in [3.63, 3.8) is 0 Å². The number of aliphatic hydroxyl groups excluding tert-OH is 4. The van der Waals surface area contributed by atoms with Gasteiger partial charge >= 0.3 is 0 Å². The predicted molar refractivity (Wildman–Crippen MR) is 217 cm³/mol. The van der Waals surface area contributed by atoms with Crippen molar-refractivity contribution in [1.29, 1.82) is 0 Å². The van der Waals surface area contributed by atoms with Gasteiger partial charge < -0.3 is 29.9 Å². The molecular formula is C46H66O6. The molecular weight excluding hydrogens is 649 g/mol. The maximum Gasteiger partial charge on any atom is 0.187 e. The SMILES string of the molecule is CC(C=CC=C(C)C=CC=C(C)C=CCC(C)(C)OC1OC(C)C(O)C(O)C1O)=CC=CC=C(C)C=CC=C(C)C=CC1=C(C)CC(O)CC1(C)C. The van der Waals surface area contributed by atoms with Gasteiger partial charge in [-0.25, -0.2) is 0 Å². The van der Waals surface area contributed by atoms with Crippen molar-refractivity contribution in [1.82, 2.24) is 0 Å². The van der Waals surface area contributed by atoms with E-state index in [1.54, 1.807) is 6.92 Å². The molecule has 0 aromatic rings. The summed E-state index contributed by atoms with van der Waals surface area (Å²) in [5, 5.41) is 40.3. The van der Waals surface area contributed by atoms with Crippen molar-refractivity contribution < 1.29 is 29.9 Å². The van der Waals surface area contributed by atoms with Crippen LogP contribution in [0.1, 0.15) is 95.4 Å². The highest BCUT2D eigenvalue weighted by atomic mass is 16.7. The predicted octanol–water partition coefficient (Wildman–Crippen LogP) is 9.57. The van der Waals surface area contributed by atoms with Gasteiger partial charge in [0.15, 0.2) is 6.29 Å². The molecule has 0 spiro atoms. The molecule has 6 nitrogen and oxygen atoms in total. The summed E-state index contributed by atoms with van der Waals surface area (Å²) in [6.07, 6.45) is 31.8. The Labute approximate surface area is 314 Å². The summed E-state index contributed by atoms with van der Waals surface area (Å²) in [6.45, 7) is 22.3. The third-order valence-electron chi connectivity index (χ3n) is 9.21. The quantitative estimate of drug-likeness (QED) is 0.126. The third-order valence-corrected chi connectivity index (χ3v) is 9.21. The summed E-state index contributed by atoms with van der Waals surface area (Å²) < 4.78 is 11.5. The lowest BCUT2D eigenvalue weighted by Gasteiger charge is -2.42. The Morgan fingerprint density at radius 1 is 0.712 bits per heavy atom. The van der Waals surface area contributed by atoms with E-state index in [-0.39, 0.29) is 11.5 Å². The van der Waals surface area contributed by atoms with Gasteiger partial charge in [-0.15, -0.1) is 0 Å². The zero-order chi connectivity index (χ0) is 39.1. The molecule has 4 N–H and O–H groups in total. The van der Waals surface area contributed by atoms with Gasteiger partial charge in [-0.3, -0.25) is 0 Å². The zero-order valence-electron chi connectivity index (χ0n) is 33.5. The van der Waals surface area contributed by atoms with Crippen LogP contribution >= 0.6 is 0 Å². The minimum atomic E-state index is -1.32. The van der Waals surface area contributed by atoms with Crippen LogP contribution in [0.4, 0.5) is 0 Å². The van der Waals surface area contributed by atoms with E-state index in [1.807, 2.05) is 51.2 Å². The van der Waals surface area contributed by atoms with Gasteiger partial charge in [0, 0.05) is 0 Å². The molecule has 1 aliphatic carbocycles. The maximum atomic E-state index is 10.3. The van der Waals surface area contributed by atoms with Crippen molar-refractivity contribution in [2.24, 2.45) is 5.41 Å². The third kappa shape index (κ3) is 16.1. The molecule has 2 rings (SSSR count). The van der Waals surface area contributed by atoms with Crippen LogP contribution in [-0.4, -0.2) is 62.8 Å². The van der Waals surface area contributed by atoms with E-state index in [4.69, 9.17) is 9.47 Å². The highest BCUT2D eigenvalue weighted by molar-refractivity contribution is 5.38. The fourth-order valence-corrected chi connectivity index (χ4v) is 6.14. The lowest BCUT2D eigenvalue weighted by molar-refractivity contribution is -0.316. The first-order valence-corrected chi connectivity index (χ1v) is 18.5. The topological polar surface area (TPSA) is 99.4 Å². The first-order valence-electron chi connectivity index (χ1n) is 18.5. The molecule has 1 heterocycles. The lowest BCUT2D eigenvalue weighted by Crippen LogP contribution is -2.58. The molecule has 0 aromatic heterocycles. The average Bonchev–Trinajstić information content (AvgIpc) is 3.03. The normalized spacial score (nSPS) is 28.0. The number of rotatable bonds is 15. The first kappa shape index (κ1) is 44.8. The van der Waals surface area contributed by atoms with Crippen LogP contribution < -0.4 is 0 Å². The first-order chi connectivity index (χ1) is 24.3. The summed E-state index contributed by atoms with van der Waals surface area (Å²) in [5.74, 6) is 0. The molecule has 52 heavy (non-hydrogen) atoms. The van der Waals surface area contributed by atoms with Gasteiger partial charge in [-0.05, 0) is 92.6 Å². The van der Waals surface area contributed by atoms with E-state index in [0.29, 0.717) is 6.42 Å². The Morgan fingerprint density at radius 3 is 1.67 bits per heavy atom. The van der Waals surface area contributed by atoms with Crippen molar-refractivity contribution >= 4 is 0 Å². The van der Waals surface area contributed by atoms with E-state index < -0.39 is 36.3 Å². The Hall–Kier alpha value is -3.36. The number of allylic oxidation sites excluding steroid dienone is 22. The second kappa shape index (κ2) is 21.4. The summed E-state index contributed by atoms with van der Waals surface area (Å²) in [6, 6.07) is 0. The molecule has 0 radical (unpaired) electrons. The van der Waals surface area contributed by atoms with Crippen LogP contribution in [0.3, 0.4) is 0 Å². The fraction of sp³-hybridized carbons (Fsp3) is 0.478. The molecule has 6 heteroatoms. The molecule has 0 bridgehead atoms. The Kier molecular flexibility index (Phi) is 18.4. The average molecular weight is 715 g/mol. The molecule has 1 aliphatic heterocycles. The molecule has 0 aromatic carbocycles. The standard InChI is InChI=1S/C46H66O6/c1-32(18-12-13-19-33(2)21-16-25-36(5)27-28-40-37(6)30-39(47)31-45(40,8)9)20-14-22-34(3)23-15-24-35(4)26-17-29-46(10,11)52-44-43(50)42(49)41(48)38(7)51-44/h12-28,38-39,41-44,47-50H,29-31H2,1-11H3. The highest BCUT2D eigenvalue weighted by Crippen LogP contribution is 2.41. The van der Waals surface area contributed by atoms with Gasteiger partial charge in [-0.1, -0.05) is 151 Å². The molecule has 0 saturated carbocycles. The number of hydrogen-bond donors (Lipinski definition) is 4. The van der Waals surface area contributed by atoms with Gasteiger partial charge in [0.2, 0.25) is 0 Å². The monoisotopic (exact) mass is 714 g/mol. The summed E-state index contributed by atoms with van der Waals surface area (Å²) in [5.41, 5.74) is 7.67. The van der Waals surface area contributed by atoms with Crippen molar-refractivity contribution in [2.45, 2.75) is 138 Å². The number of aliphatic hydroxyl groups is 4. The Bertz CT molecular complexity index is 1550. The molecule has 1 saturated heterocycles. The molecule has 1 fully saturated rings. The van der Waals surface area contributed by atoms with Gasteiger partial charge in [0.05, 0.1) is 17.8 Å². The maximum absolute atomic E-state index is 10.3. The van der Waals surface area contributed by atoms with E-state index in [0.717, 1.165) is 29.6 Å². The smallest absolute Gasteiger partial charge is 0.187 e. The molecule has 6 atom stereocenters. The van der Waals surface area contributed by atoms with Crippen LogP contribution in [0.2, 0.25) is 0 Å². The number of hydrogen-bond acceptors (Lipinski definition) is 6. The van der Waals surface area contributed by atoms with Crippen LogP contribution in [-0.2, 0) is 9.47 Å².